The van der Waals surface area contributed by atoms with E-state index in [-0.39, 0.29) is 0 Å². The van der Waals surface area contributed by atoms with Gasteiger partial charge in [0, 0.05) is 42.8 Å². The molecule has 1 aromatic carbocycles. The van der Waals surface area contributed by atoms with Crippen molar-refractivity contribution >= 4 is 0 Å². The number of likely N-dealkylation sites (N-methyl/N-ethyl adjacent to an activating group) is 1. The molecule has 0 aliphatic rings. The van der Waals surface area contributed by atoms with E-state index in [0.29, 0.717) is 24.7 Å². The molecule has 0 aliphatic carbocycles. The Kier molecular flexibility index (Phi) is 6.79. The molecule has 0 bridgehead atoms. The predicted octanol–water partition coefficient (Wildman–Crippen LogP) is 3.67. The first-order valence-corrected chi connectivity index (χ1v) is 10.4. The maximum Gasteiger partial charge on any atom is 0.178 e. The van der Waals surface area contributed by atoms with Gasteiger partial charge in [0.05, 0.1) is 11.4 Å². The van der Waals surface area contributed by atoms with E-state index >= 15 is 0 Å². The number of aromatic nitrogens is 4. The van der Waals surface area contributed by atoms with Crippen molar-refractivity contribution in [2.45, 2.75) is 6.54 Å². The first-order chi connectivity index (χ1) is 15.6. The van der Waals surface area contributed by atoms with Gasteiger partial charge < -0.3 is 15.4 Å². The Morgan fingerprint density at radius 3 is 2.41 bits per heavy atom. The molecule has 0 radical (unpaired) electrons. The second-order valence-electron chi connectivity index (χ2n) is 7.63. The zero-order valence-electron chi connectivity index (χ0n) is 18.3. The maximum atomic E-state index is 5.89. The molecule has 0 saturated heterocycles. The summed E-state index contributed by atoms with van der Waals surface area (Å²) in [6, 6.07) is 17.7. The van der Waals surface area contributed by atoms with Gasteiger partial charge in [-0.25, -0.2) is 9.97 Å². The third kappa shape index (κ3) is 5.32. The van der Waals surface area contributed by atoms with E-state index in [2.05, 4.69) is 25.9 Å². The van der Waals surface area contributed by atoms with Gasteiger partial charge in [-0.15, -0.1) is 0 Å². The first kappa shape index (κ1) is 21.5. The lowest BCUT2D eigenvalue weighted by Gasteiger charge is -2.11. The Hall–Kier alpha value is -3.68. The van der Waals surface area contributed by atoms with Gasteiger partial charge in [0.15, 0.2) is 5.82 Å². The molecule has 0 aliphatic heterocycles. The summed E-state index contributed by atoms with van der Waals surface area (Å²) in [7, 11) is 4.06. The molecule has 0 fully saturated rings. The van der Waals surface area contributed by atoms with Crippen molar-refractivity contribution < 1.29 is 4.74 Å². The van der Waals surface area contributed by atoms with Crippen LogP contribution >= 0.6 is 0 Å². The molecular formula is C25H26N6O. The quantitative estimate of drug-likeness (QED) is 0.460. The molecule has 32 heavy (non-hydrogen) atoms. The number of hydrogen-bond acceptors (Lipinski definition) is 7. The zero-order valence-corrected chi connectivity index (χ0v) is 18.3. The molecule has 4 aromatic rings. The molecule has 162 valence electrons. The maximum absolute atomic E-state index is 5.89. The Morgan fingerprint density at radius 2 is 1.69 bits per heavy atom. The summed E-state index contributed by atoms with van der Waals surface area (Å²) in [5, 5.41) is 0. The van der Waals surface area contributed by atoms with Crippen molar-refractivity contribution in [2.75, 3.05) is 27.2 Å². The van der Waals surface area contributed by atoms with Crippen molar-refractivity contribution in [3.05, 3.63) is 78.9 Å². The minimum absolute atomic E-state index is 0.317. The van der Waals surface area contributed by atoms with E-state index in [1.165, 1.54) is 0 Å². The van der Waals surface area contributed by atoms with Crippen molar-refractivity contribution in [2.24, 2.45) is 5.73 Å². The lowest BCUT2D eigenvalue weighted by Crippen LogP contribution is -2.19. The van der Waals surface area contributed by atoms with Gasteiger partial charge in [-0.2, -0.15) is 0 Å². The number of rotatable bonds is 8. The number of nitrogens with zero attached hydrogens (tertiary/aromatic N) is 5. The minimum atomic E-state index is 0.317. The molecule has 7 heteroatoms. The van der Waals surface area contributed by atoms with Crippen LogP contribution in [0.2, 0.25) is 0 Å². The Labute approximate surface area is 188 Å². The summed E-state index contributed by atoms with van der Waals surface area (Å²) in [6.45, 7) is 1.84. The van der Waals surface area contributed by atoms with Gasteiger partial charge >= 0.3 is 0 Å². The smallest absolute Gasteiger partial charge is 0.178 e. The van der Waals surface area contributed by atoms with Gasteiger partial charge in [0.25, 0.3) is 0 Å². The van der Waals surface area contributed by atoms with Gasteiger partial charge in [-0.3, -0.25) is 9.97 Å². The molecule has 0 saturated carbocycles. The van der Waals surface area contributed by atoms with Crippen molar-refractivity contribution in [3.8, 4) is 39.7 Å². The molecule has 0 spiro atoms. The topological polar surface area (TPSA) is 90.0 Å². The van der Waals surface area contributed by atoms with Crippen LogP contribution in [0.4, 0.5) is 0 Å². The molecule has 0 atom stereocenters. The number of hydrogen-bond donors (Lipinski definition) is 1. The van der Waals surface area contributed by atoms with E-state index in [1.807, 2.05) is 68.8 Å². The van der Waals surface area contributed by atoms with Crippen LogP contribution in [-0.2, 0) is 6.54 Å². The second kappa shape index (κ2) is 10.1. The summed E-state index contributed by atoms with van der Waals surface area (Å²) in [4.78, 5) is 20.2. The molecular weight excluding hydrogens is 400 g/mol. The summed E-state index contributed by atoms with van der Waals surface area (Å²) < 4.78 is 5.79. The van der Waals surface area contributed by atoms with E-state index < -0.39 is 0 Å². The average Bonchev–Trinajstić information content (AvgIpc) is 2.84. The standard InChI is InChI=1S/C25H26N6O/c1-31(2)11-12-32-22-8-6-18(7-9-22)19-13-20(17-27-16-19)24-14-21(15-26)29-25(30-24)23-5-3-4-10-28-23/h3-10,13-14,16-17H,11-12,15,26H2,1-2H3. The molecule has 0 amide bonds. The highest BCUT2D eigenvalue weighted by atomic mass is 16.5. The lowest BCUT2D eigenvalue weighted by molar-refractivity contribution is 0.261. The number of ether oxygens (including phenoxy) is 1. The highest BCUT2D eigenvalue weighted by Gasteiger charge is 2.10. The number of benzene rings is 1. The molecule has 0 unspecified atom stereocenters. The molecule has 3 heterocycles. The van der Waals surface area contributed by atoms with Gasteiger partial charge in [0.2, 0.25) is 0 Å². The second-order valence-corrected chi connectivity index (χ2v) is 7.63. The zero-order chi connectivity index (χ0) is 22.3. The van der Waals surface area contributed by atoms with Crippen LogP contribution in [-0.4, -0.2) is 52.1 Å². The molecule has 7 nitrogen and oxygen atoms in total. The molecule has 2 N–H and O–H groups in total. The van der Waals surface area contributed by atoms with E-state index in [9.17, 15) is 0 Å². The fraction of sp³-hybridized carbons (Fsp3) is 0.200. The third-order valence-corrected chi connectivity index (χ3v) is 4.91. The lowest BCUT2D eigenvalue weighted by atomic mass is 10.0. The predicted molar refractivity (Wildman–Crippen MR) is 126 cm³/mol. The fourth-order valence-electron chi connectivity index (χ4n) is 3.19. The SMILES string of the molecule is CN(C)CCOc1ccc(-c2cncc(-c3cc(CN)nc(-c4ccccn4)n3)c2)cc1. The fourth-order valence-corrected chi connectivity index (χ4v) is 3.19. The van der Waals surface area contributed by atoms with Crippen LogP contribution in [0.1, 0.15) is 5.69 Å². The van der Waals surface area contributed by atoms with Crippen LogP contribution in [0.5, 0.6) is 5.75 Å². The average molecular weight is 427 g/mol. The van der Waals surface area contributed by atoms with Crippen molar-refractivity contribution in [1.82, 2.24) is 24.8 Å². The Balaban J connectivity index is 1.61. The third-order valence-electron chi connectivity index (χ3n) is 4.91. The summed E-state index contributed by atoms with van der Waals surface area (Å²) in [6.07, 6.45) is 5.37. The van der Waals surface area contributed by atoms with E-state index in [1.54, 1.807) is 12.4 Å². The summed E-state index contributed by atoms with van der Waals surface area (Å²) in [5.74, 6) is 1.40. The largest absolute Gasteiger partial charge is 0.492 e. The van der Waals surface area contributed by atoms with Gasteiger partial charge in [-0.05, 0) is 56.1 Å². The van der Waals surface area contributed by atoms with Crippen molar-refractivity contribution in [1.29, 1.82) is 0 Å². The molecule has 4 rings (SSSR count). The van der Waals surface area contributed by atoms with Crippen LogP contribution in [0.15, 0.2) is 73.2 Å². The minimum Gasteiger partial charge on any atom is -0.492 e. The van der Waals surface area contributed by atoms with Gasteiger partial charge in [0.1, 0.15) is 18.1 Å². The Morgan fingerprint density at radius 1 is 0.875 bits per heavy atom. The van der Waals surface area contributed by atoms with Crippen LogP contribution in [0.3, 0.4) is 0 Å². The van der Waals surface area contributed by atoms with E-state index in [0.717, 1.165) is 40.4 Å². The van der Waals surface area contributed by atoms with E-state index in [4.69, 9.17) is 15.5 Å². The summed E-state index contributed by atoms with van der Waals surface area (Å²) in [5.41, 5.74) is 11.0. The normalized spacial score (nSPS) is 11.0. The Bertz CT molecular complexity index is 1160. The highest BCUT2D eigenvalue weighted by molar-refractivity contribution is 5.71. The summed E-state index contributed by atoms with van der Waals surface area (Å²) >= 11 is 0. The van der Waals surface area contributed by atoms with Gasteiger partial charge in [-0.1, -0.05) is 18.2 Å². The molecule has 3 aromatic heterocycles. The van der Waals surface area contributed by atoms with Crippen LogP contribution in [0.25, 0.3) is 33.9 Å². The number of nitrogens with two attached hydrogens (primary N) is 1. The number of pyridine rings is 2. The van der Waals surface area contributed by atoms with Crippen LogP contribution < -0.4 is 10.5 Å². The monoisotopic (exact) mass is 426 g/mol. The van der Waals surface area contributed by atoms with Crippen LogP contribution in [0, 0.1) is 0 Å². The van der Waals surface area contributed by atoms with Crippen molar-refractivity contribution in [3.63, 3.8) is 0 Å². The first-order valence-electron chi connectivity index (χ1n) is 10.4. The highest BCUT2D eigenvalue weighted by Crippen LogP contribution is 2.27.